The lowest BCUT2D eigenvalue weighted by Gasteiger charge is -2.06. The number of hydrogen-bond acceptors (Lipinski definition) is 3. The quantitative estimate of drug-likeness (QED) is 0.753. The molecule has 0 bridgehead atoms. The summed E-state index contributed by atoms with van der Waals surface area (Å²) in [6, 6.07) is 3.90. The van der Waals surface area contributed by atoms with Crippen LogP contribution in [0.5, 0.6) is 5.75 Å². The van der Waals surface area contributed by atoms with Gasteiger partial charge in [-0.15, -0.1) is 0 Å². The van der Waals surface area contributed by atoms with Crippen LogP contribution in [0, 0.1) is 5.82 Å². The van der Waals surface area contributed by atoms with Gasteiger partial charge in [-0.2, -0.15) is 0 Å². The van der Waals surface area contributed by atoms with Crippen molar-refractivity contribution < 1.29 is 14.3 Å². The molecule has 1 aromatic carbocycles. The van der Waals surface area contributed by atoms with Crippen LogP contribution in [0.1, 0.15) is 12.5 Å². The summed E-state index contributed by atoms with van der Waals surface area (Å²) in [5, 5.41) is 9.04. The number of phenolic OH excluding ortho intramolecular Hbond substituents is 1. The largest absolute Gasteiger partial charge is 0.505 e. The molecule has 1 aromatic rings. The molecule has 0 aromatic heterocycles. The Kier molecular flexibility index (Phi) is 2.67. The van der Waals surface area contributed by atoms with Crippen molar-refractivity contribution in [1.82, 2.24) is 4.90 Å². The molecule has 5 heteroatoms. The first-order valence-electron chi connectivity index (χ1n) is 5.02. The third kappa shape index (κ3) is 2.04. The summed E-state index contributed by atoms with van der Waals surface area (Å²) in [5.41, 5.74) is 0.741. The van der Waals surface area contributed by atoms with Crippen LogP contribution < -0.4 is 0 Å². The van der Waals surface area contributed by atoms with E-state index >= 15 is 0 Å². The molecule has 1 aliphatic rings. The van der Waals surface area contributed by atoms with E-state index in [0.29, 0.717) is 11.4 Å². The summed E-state index contributed by atoms with van der Waals surface area (Å²) in [7, 11) is 1.62. The molecule has 1 amide bonds. The zero-order valence-electron chi connectivity index (χ0n) is 9.44. The molecule has 17 heavy (non-hydrogen) atoms. The van der Waals surface area contributed by atoms with Crippen molar-refractivity contribution >= 4 is 17.8 Å². The first kappa shape index (κ1) is 11.3. The molecule has 0 aliphatic carbocycles. The topological polar surface area (TPSA) is 52.9 Å². The van der Waals surface area contributed by atoms with Crippen LogP contribution in [0.4, 0.5) is 4.39 Å². The number of amides is 1. The van der Waals surface area contributed by atoms with Gasteiger partial charge in [0, 0.05) is 7.05 Å². The molecule has 0 saturated heterocycles. The van der Waals surface area contributed by atoms with E-state index in [1.165, 1.54) is 23.1 Å². The Balaban J connectivity index is 2.37. The van der Waals surface area contributed by atoms with Crippen molar-refractivity contribution in [3.63, 3.8) is 0 Å². The van der Waals surface area contributed by atoms with Crippen molar-refractivity contribution in [2.75, 3.05) is 7.05 Å². The van der Waals surface area contributed by atoms with Gasteiger partial charge in [-0.1, -0.05) is 6.07 Å². The lowest BCUT2D eigenvalue weighted by molar-refractivity contribution is -0.121. The summed E-state index contributed by atoms with van der Waals surface area (Å²) in [5.74, 6) is -0.767. The summed E-state index contributed by atoms with van der Waals surface area (Å²) < 4.78 is 13.1. The number of likely N-dealkylation sites (N-methyl/N-ethyl adjacent to an activating group) is 1. The van der Waals surface area contributed by atoms with Crippen LogP contribution in [0.15, 0.2) is 28.9 Å². The maximum Gasteiger partial charge on any atom is 0.277 e. The van der Waals surface area contributed by atoms with E-state index in [1.54, 1.807) is 14.0 Å². The highest BCUT2D eigenvalue weighted by atomic mass is 19.1. The second-order valence-electron chi connectivity index (χ2n) is 3.76. The fourth-order valence-electron chi connectivity index (χ4n) is 1.48. The van der Waals surface area contributed by atoms with Gasteiger partial charge < -0.3 is 5.11 Å². The highest BCUT2D eigenvalue weighted by Crippen LogP contribution is 2.20. The average molecular weight is 234 g/mol. The minimum Gasteiger partial charge on any atom is -0.505 e. The van der Waals surface area contributed by atoms with Gasteiger partial charge in [0.2, 0.25) is 0 Å². The van der Waals surface area contributed by atoms with E-state index in [4.69, 9.17) is 5.11 Å². The summed E-state index contributed by atoms with van der Waals surface area (Å²) >= 11 is 0. The lowest BCUT2D eigenvalue weighted by Crippen LogP contribution is -2.25. The van der Waals surface area contributed by atoms with Gasteiger partial charge in [0.25, 0.3) is 5.91 Å². The molecule has 1 heterocycles. The second kappa shape index (κ2) is 4.01. The number of nitrogens with zero attached hydrogens (tertiary/aromatic N) is 2. The molecule has 0 fully saturated rings. The number of carbonyl (C=O) groups is 1. The van der Waals surface area contributed by atoms with Crippen LogP contribution in [0.3, 0.4) is 0 Å². The molecule has 1 N–H and O–H groups in total. The Morgan fingerprint density at radius 3 is 2.71 bits per heavy atom. The van der Waals surface area contributed by atoms with Crippen molar-refractivity contribution in [2.45, 2.75) is 6.92 Å². The molecule has 2 rings (SSSR count). The van der Waals surface area contributed by atoms with E-state index in [9.17, 15) is 9.18 Å². The molecule has 0 spiro atoms. The Labute approximate surface area is 97.7 Å². The fraction of sp³-hybridized carbons (Fsp3) is 0.167. The molecule has 0 radical (unpaired) electrons. The predicted octanol–water partition coefficient (Wildman–Crippen LogP) is 1.76. The summed E-state index contributed by atoms with van der Waals surface area (Å²) in [4.78, 5) is 17.2. The van der Waals surface area contributed by atoms with Gasteiger partial charge in [-0.05, 0) is 30.7 Å². The molecule has 88 valence electrons. The molecular weight excluding hydrogens is 223 g/mol. The van der Waals surface area contributed by atoms with E-state index in [2.05, 4.69) is 4.99 Å². The molecule has 0 unspecified atom stereocenters. The van der Waals surface area contributed by atoms with Gasteiger partial charge in [0.15, 0.2) is 11.6 Å². The molecule has 4 nitrogen and oxygen atoms in total. The fourth-order valence-corrected chi connectivity index (χ4v) is 1.48. The zero-order chi connectivity index (χ0) is 12.6. The number of phenols is 1. The van der Waals surface area contributed by atoms with Gasteiger partial charge in [-0.25, -0.2) is 9.38 Å². The zero-order valence-corrected chi connectivity index (χ0v) is 9.44. The highest BCUT2D eigenvalue weighted by molar-refractivity contribution is 6.13. The van der Waals surface area contributed by atoms with Crippen LogP contribution in [0.2, 0.25) is 0 Å². The van der Waals surface area contributed by atoms with Crippen LogP contribution in [-0.4, -0.2) is 28.8 Å². The van der Waals surface area contributed by atoms with E-state index < -0.39 is 11.6 Å². The highest BCUT2D eigenvalue weighted by Gasteiger charge is 2.23. The third-order valence-corrected chi connectivity index (χ3v) is 2.57. The Morgan fingerprint density at radius 2 is 2.18 bits per heavy atom. The summed E-state index contributed by atoms with van der Waals surface area (Å²) in [6.07, 6.45) is 1.48. The van der Waals surface area contributed by atoms with Crippen molar-refractivity contribution in [3.8, 4) is 5.75 Å². The first-order chi connectivity index (χ1) is 7.99. The predicted molar refractivity (Wildman–Crippen MR) is 61.9 cm³/mol. The van der Waals surface area contributed by atoms with E-state index in [-0.39, 0.29) is 11.6 Å². The number of amidine groups is 1. The molecule has 0 atom stereocenters. The van der Waals surface area contributed by atoms with Crippen LogP contribution >= 0.6 is 0 Å². The maximum absolute atomic E-state index is 13.1. The van der Waals surface area contributed by atoms with Gasteiger partial charge in [-0.3, -0.25) is 9.69 Å². The van der Waals surface area contributed by atoms with Gasteiger partial charge in [0.05, 0.1) is 0 Å². The molecule has 0 saturated carbocycles. The minimum absolute atomic E-state index is 0.226. The number of rotatable bonds is 1. The number of benzene rings is 1. The van der Waals surface area contributed by atoms with Gasteiger partial charge >= 0.3 is 0 Å². The number of carbonyl (C=O) groups excluding carboxylic acids is 1. The van der Waals surface area contributed by atoms with Crippen LogP contribution in [0.25, 0.3) is 6.08 Å². The van der Waals surface area contributed by atoms with Crippen LogP contribution in [-0.2, 0) is 4.79 Å². The maximum atomic E-state index is 13.1. The number of halogens is 1. The van der Waals surface area contributed by atoms with E-state index in [0.717, 1.165) is 6.07 Å². The Hall–Kier alpha value is -2.17. The monoisotopic (exact) mass is 234 g/mol. The molecular formula is C12H11FN2O2. The smallest absolute Gasteiger partial charge is 0.277 e. The van der Waals surface area contributed by atoms with Crippen molar-refractivity contribution in [1.29, 1.82) is 0 Å². The Bertz CT molecular complexity index is 549. The number of hydrogen-bond donors (Lipinski definition) is 1. The average Bonchev–Trinajstić information content (AvgIpc) is 2.52. The van der Waals surface area contributed by atoms with Crippen molar-refractivity contribution in [3.05, 3.63) is 35.3 Å². The third-order valence-electron chi connectivity index (χ3n) is 2.57. The van der Waals surface area contributed by atoms with Gasteiger partial charge in [0.1, 0.15) is 11.5 Å². The normalized spacial score (nSPS) is 17.8. The number of aliphatic imine (C=N–C) groups is 1. The first-order valence-corrected chi connectivity index (χ1v) is 5.02. The van der Waals surface area contributed by atoms with E-state index in [1.807, 2.05) is 0 Å². The standard InChI is InChI=1S/C12H11FN2O2/c1-7-14-10(12(17)15(7)2)6-8-3-4-11(16)9(13)5-8/h3-6,16H,1-2H3. The second-order valence-corrected chi connectivity index (χ2v) is 3.76. The molecule has 1 aliphatic heterocycles. The SMILES string of the molecule is CC1=NC(=Cc2ccc(O)c(F)c2)C(=O)N1C. The number of aromatic hydroxyl groups is 1. The minimum atomic E-state index is -0.723. The van der Waals surface area contributed by atoms with Crippen molar-refractivity contribution in [2.24, 2.45) is 4.99 Å². The summed E-state index contributed by atoms with van der Waals surface area (Å²) in [6.45, 7) is 1.72. The Morgan fingerprint density at radius 1 is 1.47 bits per heavy atom. The lowest BCUT2D eigenvalue weighted by atomic mass is 10.1.